The first-order chi connectivity index (χ1) is 8.20. The molecule has 0 N–H and O–H groups in total. The van der Waals surface area contributed by atoms with Crippen LogP contribution in [0.1, 0.15) is 19.8 Å². The molecule has 17 heavy (non-hydrogen) atoms. The number of hydrogen-bond donors (Lipinski definition) is 0. The minimum Gasteiger partial charge on any atom is -0.342 e. The molecule has 1 aromatic heterocycles. The first kappa shape index (κ1) is 12.8. The van der Waals surface area contributed by atoms with Gasteiger partial charge in [-0.05, 0) is 41.9 Å². The van der Waals surface area contributed by atoms with Gasteiger partial charge < -0.3 is 4.90 Å². The van der Waals surface area contributed by atoms with Gasteiger partial charge in [-0.25, -0.2) is 9.97 Å². The first-order valence-electron chi connectivity index (χ1n) is 6.13. The zero-order chi connectivity index (χ0) is 12.3. The number of likely N-dealkylation sites (tertiary alicyclic amines) is 1. The minimum atomic E-state index is 0.650. The maximum atomic E-state index is 4.32. The maximum Gasteiger partial charge on any atom is 0.225 e. The average molecular weight is 299 g/mol. The number of aromatic nitrogens is 2. The predicted octanol–water partition coefficient (Wildman–Crippen LogP) is 2.16. The number of halogens is 1. The molecule has 0 spiro atoms. The molecule has 94 valence electrons. The number of nitrogens with zero attached hydrogens (tertiary/aromatic N) is 4. The van der Waals surface area contributed by atoms with Crippen molar-refractivity contribution in [2.45, 2.75) is 25.8 Å². The van der Waals surface area contributed by atoms with E-state index in [1.54, 1.807) is 12.4 Å². The smallest absolute Gasteiger partial charge is 0.225 e. The van der Waals surface area contributed by atoms with Crippen molar-refractivity contribution in [1.29, 1.82) is 0 Å². The summed E-state index contributed by atoms with van der Waals surface area (Å²) in [4.78, 5) is 13.3. The van der Waals surface area contributed by atoms with Crippen molar-refractivity contribution in [3.05, 3.63) is 16.9 Å². The van der Waals surface area contributed by atoms with Crippen LogP contribution in [0.2, 0.25) is 0 Å². The maximum absolute atomic E-state index is 4.32. The van der Waals surface area contributed by atoms with Crippen LogP contribution in [-0.2, 0) is 0 Å². The molecule has 1 saturated heterocycles. The Hall–Kier alpha value is -0.680. The Kier molecular flexibility index (Phi) is 4.34. The van der Waals surface area contributed by atoms with Crippen molar-refractivity contribution in [3.8, 4) is 0 Å². The topological polar surface area (TPSA) is 32.3 Å². The summed E-state index contributed by atoms with van der Waals surface area (Å²) in [7, 11) is 2.06. The lowest BCUT2D eigenvalue weighted by Crippen LogP contribution is -2.39. The summed E-state index contributed by atoms with van der Waals surface area (Å²) in [6.45, 7) is 5.61. The predicted molar refractivity (Wildman–Crippen MR) is 73.3 cm³/mol. The molecule has 0 aliphatic carbocycles. The Morgan fingerprint density at radius 3 is 2.82 bits per heavy atom. The fourth-order valence-electron chi connectivity index (χ4n) is 2.42. The van der Waals surface area contributed by atoms with Gasteiger partial charge in [0.25, 0.3) is 0 Å². The van der Waals surface area contributed by atoms with E-state index in [-0.39, 0.29) is 0 Å². The van der Waals surface area contributed by atoms with E-state index >= 15 is 0 Å². The second-order valence-electron chi connectivity index (χ2n) is 4.51. The summed E-state index contributed by atoms with van der Waals surface area (Å²) in [6.07, 6.45) is 6.19. The molecule has 1 aromatic rings. The third kappa shape index (κ3) is 3.16. The van der Waals surface area contributed by atoms with Crippen molar-refractivity contribution < 1.29 is 0 Å². The lowest BCUT2D eigenvalue weighted by molar-refractivity contribution is 0.270. The van der Waals surface area contributed by atoms with E-state index in [2.05, 4.69) is 49.7 Å². The van der Waals surface area contributed by atoms with Gasteiger partial charge in [0.05, 0.1) is 4.47 Å². The molecule has 4 nitrogen and oxygen atoms in total. The molecule has 1 aliphatic rings. The second-order valence-corrected chi connectivity index (χ2v) is 5.42. The monoisotopic (exact) mass is 298 g/mol. The molecule has 1 aliphatic heterocycles. The van der Waals surface area contributed by atoms with E-state index < -0.39 is 0 Å². The van der Waals surface area contributed by atoms with Crippen LogP contribution in [0.5, 0.6) is 0 Å². The highest BCUT2D eigenvalue weighted by Gasteiger charge is 2.24. The number of hydrogen-bond acceptors (Lipinski definition) is 4. The van der Waals surface area contributed by atoms with Crippen molar-refractivity contribution in [2.75, 3.05) is 31.6 Å². The number of likely N-dealkylation sites (N-methyl/N-ethyl adjacent to an activating group) is 2. The third-order valence-corrected chi connectivity index (χ3v) is 3.75. The van der Waals surface area contributed by atoms with E-state index in [0.717, 1.165) is 23.5 Å². The Morgan fingerprint density at radius 1 is 1.47 bits per heavy atom. The van der Waals surface area contributed by atoms with E-state index in [1.807, 2.05) is 0 Å². The lowest BCUT2D eigenvalue weighted by atomic mass is 10.2. The second kappa shape index (κ2) is 5.78. The van der Waals surface area contributed by atoms with Crippen LogP contribution in [0.15, 0.2) is 16.9 Å². The molecule has 1 unspecified atom stereocenters. The van der Waals surface area contributed by atoms with Crippen LogP contribution in [0, 0.1) is 0 Å². The summed E-state index contributed by atoms with van der Waals surface area (Å²) >= 11 is 3.35. The minimum absolute atomic E-state index is 0.650. The fourth-order valence-corrected chi connectivity index (χ4v) is 2.62. The molecule has 0 saturated carbocycles. The highest BCUT2D eigenvalue weighted by molar-refractivity contribution is 9.10. The van der Waals surface area contributed by atoms with Gasteiger partial charge in [-0.15, -0.1) is 0 Å². The number of rotatable bonds is 4. The van der Waals surface area contributed by atoms with Gasteiger partial charge in [0.2, 0.25) is 5.95 Å². The largest absolute Gasteiger partial charge is 0.342 e. The molecule has 0 aromatic carbocycles. The summed E-state index contributed by atoms with van der Waals surface area (Å²) in [6, 6.07) is 0.650. The van der Waals surface area contributed by atoms with Crippen molar-refractivity contribution in [3.63, 3.8) is 0 Å². The van der Waals surface area contributed by atoms with E-state index in [4.69, 9.17) is 0 Å². The van der Waals surface area contributed by atoms with Crippen LogP contribution in [0.25, 0.3) is 0 Å². The van der Waals surface area contributed by atoms with Gasteiger partial charge in [0.15, 0.2) is 0 Å². The lowest BCUT2D eigenvalue weighted by Gasteiger charge is -2.27. The molecule has 1 atom stereocenters. The normalized spacial score (nSPS) is 20.8. The van der Waals surface area contributed by atoms with E-state index in [9.17, 15) is 0 Å². The van der Waals surface area contributed by atoms with Crippen molar-refractivity contribution in [1.82, 2.24) is 14.9 Å². The molecule has 2 heterocycles. The molecule has 2 rings (SSSR count). The standard InChI is InChI=1S/C12H19BrN4/c1-3-17-6-4-5-11(17)9-16(2)12-14-7-10(13)8-15-12/h7-8,11H,3-6,9H2,1-2H3. The van der Waals surface area contributed by atoms with Crippen molar-refractivity contribution in [2.24, 2.45) is 0 Å². The van der Waals surface area contributed by atoms with Gasteiger partial charge >= 0.3 is 0 Å². The Balaban J connectivity index is 1.96. The Labute approximate surface area is 111 Å². The first-order valence-corrected chi connectivity index (χ1v) is 6.92. The average Bonchev–Trinajstić information content (AvgIpc) is 2.77. The molecule has 0 amide bonds. The summed E-state index contributed by atoms with van der Waals surface area (Å²) in [5.74, 6) is 0.802. The Bertz CT molecular complexity index is 354. The molecule has 0 radical (unpaired) electrons. The van der Waals surface area contributed by atoms with E-state index in [0.29, 0.717) is 6.04 Å². The molecule has 5 heteroatoms. The van der Waals surface area contributed by atoms with Crippen LogP contribution in [-0.4, -0.2) is 47.6 Å². The van der Waals surface area contributed by atoms with E-state index in [1.165, 1.54) is 19.4 Å². The van der Waals surface area contributed by atoms with Gasteiger partial charge in [-0.2, -0.15) is 0 Å². The van der Waals surface area contributed by atoms with Crippen LogP contribution in [0.4, 0.5) is 5.95 Å². The zero-order valence-electron chi connectivity index (χ0n) is 10.4. The van der Waals surface area contributed by atoms with Gasteiger partial charge in [-0.1, -0.05) is 6.92 Å². The van der Waals surface area contributed by atoms with Gasteiger partial charge in [0, 0.05) is 32.0 Å². The van der Waals surface area contributed by atoms with Crippen LogP contribution < -0.4 is 4.90 Å². The van der Waals surface area contributed by atoms with Crippen LogP contribution >= 0.6 is 15.9 Å². The molecule has 1 fully saturated rings. The zero-order valence-corrected chi connectivity index (χ0v) is 12.0. The third-order valence-electron chi connectivity index (χ3n) is 3.34. The SMILES string of the molecule is CCN1CCCC1CN(C)c1ncc(Br)cn1. The van der Waals surface area contributed by atoms with Crippen molar-refractivity contribution >= 4 is 21.9 Å². The Morgan fingerprint density at radius 2 is 2.18 bits per heavy atom. The molecule has 0 bridgehead atoms. The fraction of sp³-hybridized carbons (Fsp3) is 0.667. The highest BCUT2D eigenvalue weighted by Crippen LogP contribution is 2.19. The number of anilines is 1. The van der Waals surface area contributed by atoms with Gasteiger partial charge in [-0.3, -0.25) is 4.90 Å². The quantitative estimate of drug-likeness (QED) is 0.853. The molecular formula is C12H19BrN4. The summed E-state index contributed by atoms with van der Waals surface area (Å²) in [5.41, 5.74) is 0. The highest BCUT2D eigenvalue weighted by atomic mass is 79.9. The molecular weight excluding hydrogens is 280 g/mol. The summed E-state index contributed by atoms with van der Waals surface area (Å²) < 4.78 is 0.922. The summed E-state index contributed by atoms with van der Waals surface area (Å²) in [5, 5.41) is 0. The van der Waals surface area contributed by atoms with Crippen LogP contribution in [0.3, 0.4) is 0 Å². The van der Waals surface area contributed by atoms with Gasteiger partial charge in [0.1, 0.15) is 0 Å².